The van der Waals surface area contributed by atoms with Gasteiger partial charge in [-0.1, -0.05) is 18.2 Å². The molecule has 5 rings (SSSR count). The van der Waals surface area contributed by atoms with Gasteiger partial charge in [0, 0.05) is 22.8 Å². The average Bonchev–Trinajstić information content (AvgIpc) is 3.42. The summed E-state index contributed by atoms with van der Waals surface area (Å²) >= 11 is 1.43. The van der Waals surface area contributed by atoms with Gasteiger partial charge in [0.2, 0.25) is 0 Å². The Morgan fingerprint density at radius 1 is 0.906 bits per heavy atom. The van der Waals surface area contributed by atoms with E-state index >= 15 is 0 Å². The zero-order chi connectivity index (χ0) is 21.9. The van der Waals surface area contributed by atoms with E-state index in [2.05, 4.69) is 10.3 Å². The highest BCUT2D eigenvalue weighted by Crippen LogP contribution is 2.26. The number of imidazole rings is 1. The lowest BCUT2D eigenvalue weighted by atomic mass is 10.2. The highest BCUT2D eigenvalue weighted by molar-refractivity contribution is 7.15. The number of hydrogen-bond donors (Lipinski definition) is 1. The number of aromatic nitrogens is 2. The Labute approximate surface area is 188 Å². The van der Waals surface area contributed by atoms with Crippen LogP contribution in [0.4, 0.5) is 5.69 Å². The summed E-state index contributed by atoms with van der Waals surface area (Å²) in [5.41, 5.74) is 2.98. The molecule has 3 aromatic carbocycles. The van der Waals surface area contributed by atoms with Crippen molar-refractivity contribution < 1.29 is 14.3 Å². The van der Waals surface area contributed by atoms with Crippen molar-refractivity contribution in [1.29, 1.82) is 0 Å². The minimum atomic E-state index is -0.202. The fourth-order valence-electron chi connectivity index (χ4n) is 3.27. The van der Waals surface area contributed by atoms with Crippen molar-refractivity contribution in [3.8, 4) is 28.5 Å². The molecule has 2 aromatic heterocycles. The van der Waals surface area contributed by atoms with Gasteiger partial charge < -0.3 is 14.8 Å². The first-order valence-electron chi connectivity index (χ1n) is 9.95. The van der Waals surface area contributed by atoms with Gasteiger partial charge >= 0.3 is 0 Å². The molecule has 0 spiro atoms. The molecule has 158 valence electrons. The molecule has 1 N–H and O–H groups in total. The fraction of sp³-hybridized carbons (Fsp3) is 0.0400. The number of carbonyl (C=O) groups excluding carboxylic acids is 1. The van der Waals surface area contributed by atoms with E-state index in [-0.39, 0.29) is 5.91 Å². The van der Waals surface area contributed by atoms with Crippen LogP contribution in [0.2, 0.25) is 0 Å². The Hall–Kier alpha value is -4.10. The van der Waals surface area contributed by atoms with Crippen molar-refractivity contribution in [2.24, 2.45) is 0 Å². The second-order valence-corrected chi connectivity index (χ2v) is 7.86. The van der Waals surface area contributed by atoms with Crippen molar-refractivity contribution in [3.63, 3.8) is 0 Å². The molecule has 0 bridgehead atoms. The number of ether oxygens (including phenoxy) is 2. The topological polar surface area (TPSA) is 64.9 Å². The summed E-state index contributed by atoms with van der Waals surface area (Å²) in [7, 11) is 1.64. The van der Waals surface area contributed by atoms with E-state index in [1.807, 2.05) is 94.8 Å². The van der Waals surface area contributed by atoms with Gasteiger partial charge in [-0.25, -0.2) is 4.98 Å². The Morgan fingerprint density at radius 3 is 2.31 bits per heavy atom. The van der Waals surface area contributed by atoms with Gasteiger partial charge in [0.15, 0.2) is 4.96 Å². The number of nitrogens with one attached hydrogen (secondary N) is 1. The lowest BCUT2D eigenvalue weighted by Gasteiger charge is -2.08. The molecular weight excluding hydrogens is 422 g/mol. The molecule has 5 aromatic rings. The van der Waals surface area contributed by atoms with Crippen molar-refractivity contribution in [3.05, 3.63) is 96.1 Å². The van der Waals surface area contributed by atoms with Crippen LogP contribution >= 0.6 is 11.3 Å². The summed E-state index contributed by atoms with van der Waals surface area (Å²) < 4.78 is 12.8. The molecule has 32 heavy (non-hydrogen) atoms. The number of hydrogen-bond acceptors (Lipinski definition) is 5. The second kappa shape index (κ2) is 8.56. The summed E-state index contributed by atoms with van der Waals surface area (Å²) in [5.74, 6) is 2.05. The largest absolute Gasteiger partial charge is 0.497 e. The molecule has 7 heteroatoms. The van der Waals surface area contributed by atoms with E-state index in [9.17, 15) is 4.79 Å². The van der Waals surface area contributed by atoms with Gasteiger partial charge in [0.05, 0.1) is 12.8 Å². The molecule has 0 aliphatic rings. The standard InChI is InChI=1S/C25H19N3O3S/c1-30-19-11-7-17(8-12-19)22-15-28-23(16-32-25(28)27-22)24(29)26-18-9-13-21(14-10-18)31-20-5-3-2-4-6-20/h2-16H,1H3,(H,26,29). The number of rotatable bonds is 6. The lowest BCUT2D eigenvalue weighted by Crippen LogP contribution is -2.13. The number of benzene rings is 3. The van der Waals surface area contributed by atoms with Gasteiger partial charge in [0.25, 0.3) is 5.91 Å². The van der Waals surface area contributed by atoms with Crippen LogP contribution in [0.25, 0.3) is 16.2 Å². The van der Waals surface area contributed by atoms with Crippen molar-refractivity contribution in [1.82, 2.24) is 9.38 Å². The highest BCUT2D eigenvalue weighted by Gasteiger charge is 2.15. The Kier molecular flexibility index (Phi) is 5.31. The third kappa shape index (κ3) is 4.06. The number of nitrogens with zero attached hydrogens (tertiary/aromatic N) is 2. The van der Waals surface area contributed by atoms with Crippen LogP contribution in [-0.4, -0.2) is 22.4 Å². The summed E-state index contributed by atoms with van der Waals surface area (Å²) in [6, 6.07) is 24.5. The first-order valence-corrected chi connectivity index (χ1v) is 10.8. The molecule has 0 radical (unpaired) electrons. The van der Waals surface area contributed by atoms with Crippen LogP contribution in [0.1, 0.15) is 10.5 Å². The SMILES string of the molecule is COc1ccc(-c2cn3c(C(=O)Nc4ccc(Oc5ccccc5)cc4)csc3n2)cc1. The predicted octanol–water partition coefficient (Wildman–Crippen LogP) is 6.12. The minimum absolute atomic E-state index is 0.202. The van der Waals surface area contributed by atoms with Crippen LogP contribution in [-0.2, 0) is 0 Å². The Balaban J connectivity index is 1.32. The van der Waals surface area contributed by atoms with Crippen molar-refractivity contribution in [2.75, 3.05) is 12.4 Å². The number of amides is 1. The smallest absolute Gasteiger partial charge is 0.273 e. The number of thiazole rings is 1. The van der Waals surface area contributed by atoms with E-state index in [1.165, 1.54) is 11.3 Å². The maximum absolute atomic E-state index is 12.9. The van der Waals surface area contributed by atoms with Crippen LogP contribution in [0, 0.1) is 0 Å². The molecule has 6 nitrogen and oxygen atoms in total. The molecule has 0 atom stereocenters. The van der Waals surface area contributed by atoms with Gasteiger partial charge in [-0.05, 0) is 60.7 Å². The zero-order valence-electron chi connectivity index (χ0n) is 17.2. The molecule has 0 saturated carbocycles. The lowest BCUT2D eigenvalue weighted by molar-refractivity contribution is 0.102. The van der Waals surface area contributed by atoms with Crippen LogP contribution < -0.4 is 14.8 Å². The predicted molar refractivity (Wildman–Crippen MR) is 126 cm³/mol. The molecule has 0 fully saturated rings. The number of methoxy groups -OCH3 is 1. The Morgan fingerprint density at radius 2 is 1.59 bits per heavy atom. The minimum Gasteiger partial charge on any atom is -0.497 e. The van der Waals surface area contributed by atoms with Gasteiger partial charge in [-0.2, -0.15) is 0 Å². The summed E-state index contributed by atoms with van der Waals surface area (Å²) in [4.78, 5) is 18.3. The van der Waals surface area contributed by atoms with Crippen molar-refractivity contribution in [2.45, 2.75) is 0 Å². The highest BCUT2D eigenvalue weighted by atomic mass is 32.1. The van der Waals surface area contributed by atoms with Crippen LogP contribution in [0.5, 0.6) is 17.2 Å². The quantitative estimate of drug-likeness (QED) is 0.345. The molecule has 0 saturated heterocycles. The maximum Gasteiger partial charge on any atom is 0.273 e. The molecule has 2 heterocycles. The number of fused-ring (bicyclic) bond motifs is 1. The van der Waals surface area contributed by atoms with Crippen LogP contribution in [0.15, 0.2) is 90.4 Å². The molecular formula is C25H19N3O3S. The van der Waals surface area contributed by atoms with E-state index in [0.29, 0.717) is 17.1 Å². The number of anilines is 1. The summed E-state index contributed by atoms with van der Waals surface area (Å²) in [6.07, 6.45) is 1.87. The molecule has 0 aliphatic heterocycles. The van der Waals surface area contributed by atoms with E-state index in [4.69, 9.17) is 9.47 Å². The zero-order valence-corrected chi connectivity index (χ0v) is 18.0. The maximum atomic E-state index is 12.9. The Bertz CT molecular complexity index is 1360. The summed E-state index contributed by atoms with van der Waals surface area (Å²) in [6.45, 7) is 0. The van der Waals surface area contributed by atoms with E-state index < -0.39 is 0 Å². The third-order valence-corrected chi connectivity index (χ3v) is 5.76. The molecule has 0 aliphatic carbocycles. The normalized spacial score (nSPS) is 10.8. The second-order valence-electron chi connectivity index (χ2n) is 7.02. The first-order chi connectivity index (χ1) is 15.7. The molecule has 0 unspecified atom stereocenters. The molecule has 1 amide bonds. The number of carbonyl (C=O) groups is 1. The number of para-hydroxylation sites is 1. The van der Waals surface area contributed by atoms with Gasteiger partial charge in [-0.15, -0.1) is 11.3 Å². The fourth-order valence-corrected chi connectivity index (χ4v) is 4.13. The van der Waals surface area contributed by atoms with Gasteiger partial charge in [0.1, 0.15) is 22.9 Å². The van der Waals surface area contributed by atoms with Gasteiger partial charge in [-0.3, -0.25) is 9.20 Å². The van der Waals surface area contributed by atoms with E-state index in [1.54, 1.807) is 7.11 Å². The van der Waals surface area contributed by atoms with Crippen molar-refractivity contribution >= 4 is 27.9 Å². The monoisotopic (exact) mass is 441 g/mol. The van der Waals surface area contributed by atoms with E-state index in [0.717, 1.165) is 27.7 Å². The summed E-state index contributed by atoms with van der Waals surface area (Å²) in [5, 5.41) is 4.75. The first kappa shape index (κ1) is 19.8. The third-order valence-electron chi connectivity index (χ3n) is 4.92. The van der Waals surface area contributed by atoms with Crippen LogP contribution in [0.3, 0.4) is 0 Å². The average molecular weight is 442 g/mol.